The molecule has 0 N–H and O–H groups in total. The Morgan fingerprint density at radius 2 is 1.20 bits per heavy atom. The molecular weight excluding hydrogens is 231 g/mol. The fourth-order valence-corrected chi connectivity index (χ4v) is 0. The van der Waals surface area contributed by atoms with Crippen molar-refractivity contribution in [1.82, 2.24) is 0 Å². The summed E-state index contributed by atoms with van der Waals surface area (Å²) in [5.41, 5.74) is 0. The van der Waals surface area contributed by atoms with Crippen LogP contribution in [0.5, 0.6) is 0 Å². The van der Waals surface area contributed by atoms with Crippen molar-refractivity contribution in [3.63, 3.8) is 0 Å². The maximum atomic E-state index is 0. The molecule has 0 bridgehead atoms. The van der Waals surface area contributed by atoms with Gasteiger partial charge in [0.15, 0.2) is 0 Å². The van der Waals surface area contributed by atoms with Gasteiger partial charge in [0.05, 0.1) is 0 Å². The molecule has 0 heterocycles. The zero-order chi connectivity index (χ0) is 0. The Labute approximate surface area is 99.6 Å². The van der Waals surface area contributed by atoms with Crippen LogP contribution in [-0.4, -0.2) is 19.8 Å². The van der Waals surface area contributed by atoms with Crippen molar-refractivity contribution < 1.29 is 81.5 Å². The van der Waals surface area contributed by atoms with Crippen LogP contribution in [-0.2, 0) is 61.2 Å². The minimum atomic E-state index is 0. The van der Waals surface area contributed by atoms with Crippen molar-refractivity contribution >= 4 is 19.8 Å². The van der Waals surface area contributed by atoms with Crippen LogP contribution in [0.15, 0.2) is 0 Å². The van der Waals surface area contributed by atoms with Crippen LogP contribution in [0.25, 0.3) is 0 Å². The molecule has 3 radical (unpaired) electrons. The van der Waals surface area contributed by atoms with Crippen LogP contribution < -0.4 is 18.9 Å². The second-order valence-electron chi connectivity index (χ2n) is 0. The molecule has 0 aromatic heterocycles. The van der Waals surface area contributed by atoms with Crippen molar-refractivity contribution in [2.24, 2.45) is 0 Å². The molecule has 0 aliphatic carbocycles. The average Bonchev–Trinajstić information content (AvgIpc) is 0. The summed E-state index contributed by atoms with van der Waals surface area (Å²) in [6, 6.07) is 0. The third kappa shape index (κ3) is 19.0. The second kappa shape index (κ2) is 27.1. The summed E-state index contributed by atoms with van der Waals surface area (Å²) in [5.74, 6) is 0. The van der Waals surface area contributed by atoms with Crippen LogP contribution in [0.2, 0.25) is 0 Å². The van der Waals surface area contributed by atoms with Crippen LogP contribution in [0.3, 0.4) is 0 Å². The predicted molar refractivity (Wildman–Crippen MR) is 11.1 cm³/mol. The van der Waals surface area contributed by atoms with Crippen LogP contribution in [0.4, 0.5) is 0 Å². The summed E-state index contributed by atoms with van der Waals surface area (Å²) >= 11 is 0. The SMILES string of the molecule is [Co].[GaH3].[H-].[Li+].[Sc].[V]. The van der Waals surface area contributed by atoms with Gasteiger partial charge in [-0.25, -0.2) is 0 Å². The zero-order valence-corrected chi connectivity index (χ0v) is 6.60. The number of hydrogen-bond donors (Lipinski definition) is 0. The van der Waals surface area contributed by atoms with E-state index in [4.69, 9.17) is 0 Å². The van der Waals surface area contributed by atoms with E-state index in [9.17, 15) is 0 Å². The van der Waals surface area contributed by atoms with E-state index < -0.39 is 0 Å². The Bertz CT molecular complexity index is 15.5. The zero-order valence-electron chi connectivity index (χ0n) is 3.36. The van der Waals surface area contributed by atoms with Crippen LogP contribution >= 0.6 is 0 Å². The number of hydrogen-bond acceptors (Lipinski definition) is 0. The molecule has 0 aromatic carbocycles. The Morgan fingerprint density at radius 1 is 1.20 bits per heavy atom. The van der Waals surface area contributed by atoms with Gasteiger partial charge in [-0.2, -0.15) is 0 Å². The van der Waals surface area contributed by atoms with Gasteiger partial charge in [0.25, 0.3) is 0 Å². The van der Waals surface area contributed by atoms with Crippen molar-refractivity contribution in [1.29, 1.82) is 0 Å². The van der Waals surface area contributed by atoms with E-state index in [0.29, 0.717) is 0 Å². The van der Waals surface area contributed by atoms with Crippen molar-refractivity contribution in [3.05, 3.63) is 0 Å². The van der Waals surface area contributed by atoms with E-state index in [0.717, 1.165) is 0 Å². The van der Waals surface area contributed by atoms with Gasteiger partial charge in [-0.3, -0.25) is 0 Å². The van der Waals surface area contributed by atoms with Crippen molar-refractivity contribution in [2.45, 2.75) is 0 Å². The summed E-state index contributed by atoms with van der Waals surface area (Å²) < 4.78 is 0. The summed E-state index contributed by atoms with van der Waals surface area (Å²) in [6.07, 6.45) is 0. The Hall–Kier alpha value is 3.19. The molecule has 0 spiro atoms. The molecule has 0 nitrogen and oxygen atoms in total. The summed E-state index contributed by atoms with van der Waals surface area (Å²) in [7, 11) is 0. The molecule has 0 unspecified atom stereocenters. The van der Waals surface area contributed by atoms with E-state index in [1.807, 2.05) is 0 Å². The van der Waals surface area contributed by atoms with Gasteiger partial charge in [-0.05, 0) is 0 Å². The molecular formula is H4CoGaLiScV. The Morgan fingerprint density at radius 3 is 1.20 bits per heavy atom. The van der Waals surface area contributed by atoms with E-state index >= 15 is 0 Å². The minimum absolute atomic E-state index is 0. The first kappa shape index (κ1) is 41.6. The molecule has 0 saturated heterocycles. The van der Waals surface area contributed by atoms with Gasteiger partial charge in [0.2, 0.25) is 0 Å². The van der Waals surface area contributed by atoms with E-state index in [-0.39, 0.29) is 101 Å². The normalized spacial score (nSPS) is 0. The molecule has 0 aliphatic rings. The Kier molecular flexibility index (Phi) is 225. The third-order valence-corrected chi connectivity index (χ3v) is 0. The van der Waals surface area contributed by atoms with Crippen molar-refractivity contribution in [2.75, 3.05) is 0 Å². The predicted octanol–water partition coefficient (Wildman–Crippen LogP) is -4.07. The fraction of sp³-hybridized carbons (Fsp3) is 0. The van der Waals surface area contributed by atoms with Crippen molar-refractivity contribution in [3.8, 4) is 0 Å². The molecule has 0 amide bonds. The Balaban J connectivity index is 0. The first-order valence-corrected chi connectivity index (χ1v) is 0. The fourth-order valence-electron chi connectivity index (χ4n) is 0. The largest absolute Gasteiger partial charge is 1.00 e. The van der Waals surface area contributed by atoms with Gasteiger partial charge < -0.3 is 1.43 Å². The van der Waals surface area contributed by atoms with Gasteiger partial charge in [-0.1, -0.05) is 0 Å². The summed E-state index contributed by atoms with van der Waals surface area (Å²) in [6.45, 7) is 0. The molecule has 0 atom stereocenters. The molecule has 25 valence electrons. The first-order valence-electron chi connectivity index (χ1n) is 0. The molecule has 0 aliphatic heterocycles. The summed E-state index contributed by atoms with van der Waals surface area (Å²) in [4.78, 5) is 0. The topological polar surface area (TPSA) is 0 Å². The van der Waals surface area contributed by atoms with Gasteiger partial charge in [0.1, 0.15) is 0 Å². The average molecular weight is 236 g/mol. The molecule has 5 heteroatoms. The van der Waals surface area contributed by atoms with Gasteiger partial charge >= 0.3 is 38.7 Å². The minimum Gasteiger partial charge on any atom is -1.00 e. The van der Waals surface area contributed by atoms with Gasteiger partial charge in [0, 0.05) is 61.2 Å². The van der Waals surface area contributed by atoms with Crippen LogP contribution in [0, 0.1) is 0 Å². The maximum absolute atomic E-state index is 0. The third-order valence-electron chi connectivity index (χ3n) is 0. The summed E-state index contributed by atoms with van der Waals surface area (Å²) in [5, 5.41) is 0. The van der Waals surface area contributed by atoms with E-state index in [1.165, 1.54) is 0 Å². The van der Waals surface area contributed by atoms with E-state index in [2.05, 4.69) is 0 Å². The quantitative estimate of drug-likeness (QED) is 0.375. The molecule has 0 aromatic rings. The standard InChI is InChI=1S/Co.Ga.Li.Sc.V.4H/q;;+1;;;;;;-1. The first-order chi connectivity index (χ1) is 0. The number of rotatable bonds is 0. The van der Waals surface area contributed by atoms with Crippen LogP contribution in [0.1, 0.15) is 1.43 Å². The smallest absolute Gasteiger partial charge is 1.00 e. The molecule has 0 saturated carbocycles. The molecule has 0 fully saturated rings. The second-order valence-corrected chi connectivity index (χ2v) is 0. The maximum Gasteiger partial charge on any atom is 1.00 e. The van der Waals surface area contributed by atoms with Gasteiger partial charge in [-0.15, -0.1) is 0 Å². The molecule has 0 rings (SSSR count). The monoisotopic (exact) mass is 235 g/mol. The molecule has 5 heavy (non-hydrogen) atoms. The van der Waals surface area contributed by atoms with E-state index in [1.54, 1.807) is 0 Å².